The fourth-order valence-electron chi connectivity index (χ4n) is 8.37. The van der Waals surface area contributed by atoms with Gasteiger partial charge in [-0.15, -0.1) is 16.4 Å². The molecule has 10 rings (SSSR count). The number of benzene rings is 7. The summed E-state index contributed by atoms with van der Waals surface area (Å²) in [5.41, 5.74) is 16.5. The summed E-state index contributed by atoms with van der Waals surface area (Å²) >= 11 is 0. The molecule has 10 heteroatoms. The van der Waals surface area contributed by atoms with E-state index in [2.05, 4.69) is 153 Å². The van der Waals surface area contributed by atoms with Crippen LogP contribution < -0.4 is 27.3 Å². The molecule has 0 unspecified atom stereocenters. The standard InChI is InChI=1S/C45H33B5N4O/c46-38-37(39(47)41(49)42(50)40(38)48)45-52-43(25-12-5-2-6-13-25)51-44(53-45)26-18-20-29-30-21-19-27(23-35(30)55-34(29)22-26)54-32-16-8-7-14-31(32)36-28(15-9-17-33(36)54)24-10-3-1-4-11-24/h1-23H,46-50H2. The Morgan fingerprint density at radius 1 is 0.418 bits per heavy atom. The molecular formula is C45H33B5N4O. The summed E-state index contributed by atoms with van der Waals surface area (Å²) < 4.78 is 9.05. The Balaban J connectivity index is 1.13. The Kier molecular flexibility index (Phi) is 7.70. The molecule has 0 aliphatic heterocycles. The Bertz CT molecular complexity index is 3130. The quantitative estimate of drug-likeness (QED) is 0.260. The first-order chi connectivity index (χ1) is 26.9. The largest absolute Gasteiger partial charge is 0.456 e. The van der Waals surface area contributed by atoms with Gasteiger partial charge in [0.1, 0.15) is 50.4 Å². The van der Waals surface area contributed by atoms with Crippen molar-refractivity contribution in [1.29, 1.82) is 0 Å². The first-order valence-electron chi connectivity index (χ1n) is 18.8. The van der Waals surface area contributed by atoms with E-state index in [4.69, 9.17) is 19.4 Å². The van der Waals surface area contributed by atoms with E-state index >= 15 is 0 Å². The van der Waals surface area contributed by atoms with E-state index in [-0.39, 0.29) is 0 Å². The molecule has 0 fully saturated rings. The van der Waals surface area contributed by atoms with E-state index in [0.29, 0.717) is 17.5 Å². The molecule has 7 aromatic carbocycles. The van der Waals surface area contributed by atoms with Crippen molar-refractivity contribution < 1.29 is 4.42 Å². The molecule has 254 valence electrons. The minimum Gasteiger partial charge on any atom is -0.456 e. The van der Waals surface area contributed by atoms with Crippen LogP contribution >= 0.6 is 0 Å². The third-order valence-corrected chi connectivity index (χ3v) is 11.6. The Morgan fingerprint density at radius 2 is 0.982 bits per heavy atom. The number of hydrogen-bond acceptors (Lipinski definition) is 4. The maximum atomic E-state index is 6.70. The monoisotopic (exact) mass is 700 g/mol. The molecule has 3 heterocycles. The van der Waals surface area contributed by atoms with Crippen LogP contribution in [0.4, 0.5) is 0 Å². The van der Waals surface area contributed by atoms with Crippen LogP contribution in [0.15, 0.2) is 144 Å². The first-order valence-corrected chi connectivity index (χ1v) is 18.8. The van der Waals surface area contributed by atoms with Gasteiger partial charge in [0, 0.05) is 50.0 Å². The maximum absolute atomic E-state index is 6.70. The van der Waals surface area contributed by atoms with Crippen LogP contribution in [0.5, 0.6) is 0 Å². The Labute approximate surface area is 323 Å². The smallest absolute Gasteiger partial charge is 0.164 e. The number of fused-ring (bicyclic) bond motifs is 6. The van der Waals surface area contributed by atoms with E-state index in [9.17, 15) is 0 Å². The molecule has 0 atom stereocenters. The van der Waals surface area contributed by atoms with Crippen LogP contribution in [-0.4, -0.2) is 58.8 Å². The zero-order valence-corrected chi connectivity index (χ0v) is 31.5. The normalized spacial score (nSPS) is 11.6. The van der Waals surface area contributed by atoms with Gasteiger partial charge in [0.05, 0.1) is 11.0 Å². The minimum atomic E-state index is 0.612. The second-order valence-electron chi connectivity index (χ2n) is 14.6. The van der Waals surface area contributed by atoms with Crippen LogP contribution in [0.1, 0.15) is 0 Å². The predicted octanol–water partition coefficient (Wildman–Crippen LogP) is 2.83. The van der Waals surface area contributed by atoms with Gasteiger partial charge in [-0.05, 0) is 47.5 Å². The molecular weight excluding hydrogens is 667 g/mol. The summed E-state index contributed by atoms with van der Waals surface area (Å²) in [5.74, 6) is 1.94. The zero-order valence-electron chi connectivity index (χ0n) is 31.5. The van der Waals surface area contributed by atoms with Crippen molar-refractivity contribution in [3.63, 3.8) is 0 Å². The number of hydrogen-bond donors (Lipinski definition) is 0. The van der Waals surface area contributed by atoms with Crippen LogP contribution in [0, 0.1) is 0 Å². The van der Waals surface area contributed by atoms with Gasteiger partial charge in [0.25, 0.3) is 0 Å². The van der Waals surface area contributed by atoms with E-state index in [1.54, 1.807) is 0 Å². The van der Waals surface area contributed by atoms with Gasteiger partial charge < -0.3 is 8.98 Å². The number of para-hydroxylation sites is 1. The molecule has 0 N–H and O–H groups in total. The summed E-state index contributed by atoms with van der Waals surface area (Å²) in [6.07, 6.45) is 0. The lowest BCUT2D eigenvalue weighted by atomic mass is 9.60. The molecule has 10 aromatic rings. The zero-order chi connectivity index (χ0) is 37.4. The van der Waals surface area contributed by atoms with Crippen molar-refractivity contribution in [3.05, 3.63) is 140 Å². The number of rotatable bonds is 5. The van der Waals surface area contributed by atoms with E-state index < -0.39 is 0 Å². The fraction of sp³-hybridized carbons (Fsp3) is 0. The Morgan fingerprint density at radius 3 is 1.71 bits per heavy atom. The number of furan rings is 1. The molecule has 0 aliphatic rings. The lowest BCUT2D eigenvalue weighted by Crippen LogP contribution is -2.55. The molecule has 0 saturated carbocycles. The summed E-state index contributed by atoms with van der Waals surface area (Å²) in [4.78, 5) is 15.3. The van der Waals surface area contributed by atoms with E-state index in [1.165, 1.54) is 49.2 Å². The number of nitrogens with zero attached hydrogens (tertiary/aromatic N) is 4. The first kappa shape index (κ1) is 33.1. The molecule has 0 radical (unpaired) electrons. The molecule has 0 aliphatic carbocycles. The Hall–Kier alpha value is -6.53. The highest BCUT2D eigenvalue weighted by atomic mass is 16.3. The van der Waals surface area contributed by atoms with Crippen molar-refractivity contribution in [1.82, 2.24) is 19.5 Å². The lowest BCUT2D eigenvalue weighted by Gasteiger charge is -2.20. The van der Waals surface area contributed by atoms with Gasteiger partial charge in [-0.25, -0.2) is 15.0 Å². The second kappa shape index (κ2) is 12.8. The molecule has 5 nitrogen and oxygen atoms in total. The van der Waals surface area contributed by atoms with Crippen LogP contribution in [0.2, 0.25) is 0 Å². The molecule has 55 heavy (non-hydrogen) atoms. The summed E-state index contributed by atoms with van der Waals surface area (Å²) in [5, 5.41) is 4.58. The SMILES string of the molecule is Bc1c(B)c(B)c(-c2nc(-c3ccccc3)nc(-c3ccc4c(c3)oc3cc(-n5c6ccccc6c6c(-c7ccccc7)cccc65)ccc34)n2)c(B)c1B. The lowest BCUT2D eigenvalue weighted by molar-refractivity contribution is 0.668. The van der Waals surface area contributed by atoms with Gasteiger partial charge in [-0.1, -0.05) is 108 Å². The van der Waals surface area contributed by atoms with E-state index in [1.807, 2.05) is 30.3 Å². The van der Waals surface area contributed by atoms with Crippen molar-refractivity contribution >= 4 is 110 Å². The van der Waals surface area contributed by atoms with Gasteiger partial charge in [0.15, 0.2) is 17.5 Å². The van der Waals surface area contributed by atoms with Crippen LogP contribution in [0.3, 0.4) is 0 Å². The molecule has 0 saturated heterocycles. The molecule has 0 spiro atoms. The highest BCUT2D eigenvalue weighted by Gasteiger charge is 2.21. The van der Waals surface area contributed by atoms with Gasteiger partial charge in [-0.3, -0.25) is 0 Å². The second-order valence-corrected chi connectivity index (χ2v) is 14.6. The number of aromatic nitrogens is 4. The molecule has 0 amide bonds. The summed E-state index contributed by atoms with van der Waals surface area (Å²) in [7, 11) is 10.9. The molecule has 0 bridgehead atoms. The average Bonchev–Trinajstić information content (AvgIpc) is 3.77. The maximum Gasteiger partial charge on any atom is 0.164 e. The molecule has 3 aromatic heterocycles. The van der Waals surface area contributed by atoms with Crippen molar-refractivity contribution in [2.45, 2.75) is 0 Å². The summed E-state index contributed by atoms with van der Waals surface area (Å²) in [6, 6.07) is 48.9. The highest BCUT2D eigenvalue weighted by molar-refractivity contribution is 6.68. The van der Waals surface area contributed by atoms with Crippen molar-refractivity contribution in [3.8, 4) is 51.0 Å². The topological polar surface area (TPSA) is 56.7 Å². The third-order valence-electron chi connectivity index (χ3n) is 11.6. The van der Waals surface area contributed by atoms with Gasteiger partial charge in [0.2, 0.25) is 0 Å². The third kappa shape index (κ3) is 5.27. The predicted molar refractivity (Wildman–Crippen MR) is 244 cm³/mol. The van der Waals surface area contributed by atoms with Crippen LogP contribution in [-0.2, 0) is 0 Å². The van der Waals surface area contributed by atoms with Crippen molar-refractivity contribution in [2.24, 2.45) is 0 Å². The summed E-state index contributed by atoms with van der Waals surface area (Å²) in [6.45, 7) is 0. The van der Waals surface area contributed by atoms with Crippen molar-refractivity contribution in [2.75, 3.05) is 0 Å². The van der Waals surface area contributed by atoms with Gasteiger partial charge >= 0.3 is 0 Å². The fourth-order valence-corrected chi connectivity index (χ4v) is 8.37. The average molecular weight is 700 g/mol. The van der Waals surface area contributed by atoms with Gasteiger partial charge in [-0.2, -0.15) is 0 Å². The minimum absolute atomic E-state index is 0.612. The highest BCUT2D eigenvalue weighted by Crippen LogP contribution is 2.40. The van der Waals surface area contributed by atoms with Crippen LogP contribution in [0.25, 0.3) is 94.7 Å². The van der Waals surface area contributed by atoms with E-state index in [0.717, 1.165) is 55.3 Å².